The molecule has 17 heavy (non-hydrogen) atoms. The lowest BCUT2D eigenvalue weighted by atomic mass is 9.63. The van der Waals surface area contributed by atoms with E-state index in [2.05, 4.69) is 5.32 Å². The first-order valence-electron chi connectivity index (χ1n) is 5.68. The first-order chi connectivity index (χ1) is 6.92. The SMILES string of the molecule is Cl.Cl.[B]C(CCCC)(CCNC(C)C)C(=O)O. The van der Waals surface area contributed by atoms with Gasteiger partial charge < -0.3 is 10.4 Å². The third-order valence-electron chi connectivity index (χ3n) is 2.53. The van der Waals surface area contributed by atoms with Crippen LogP contribution < -0.4 is 5.32 Å². The second-order valence-corrected chi connectivity index (χ2v) is 4.42. The van der Waals surface area contributed by atoms with Gasteiger partial charge in [0.15, 0.2) is 0 Å². The van der Waals surface area contributed by atoms with Gasteiger partial charge in [0.2, 0.25) is 0 Å². The Balaban J connectivity index is -0.000000980. The molecule has 0 aliphatic carbocycles. The molecule has 0 spiro atoms. The highest BCUT2D eigenvalue weighted by Gasteiger charge is 2.30. The predicted molar refractivity (Wildman–Crippen MR) is 77.9 cm³/mol. The van der Waals surface area contributed by atoms with Crippen LogP contribution in [0.25, 0.3) is 0 Å². The normalized spacial score (nSPS) is 13.4. The Morgan fingerprint density at radius 1 is 1.35 bits per heavy atom. The highest BCUT2D eigenvalue weighted by molar-refractivity contribution is 6.26. The first-order valence-corrected chi connectivity index (χ1v) is 5.68. The summed E-state index contributed by atoms with van der Waals surface area (Å²) in [6.45, 7) is 6.76. The molecule has 1 atom stereocenters. The van der Waals surface area contributed by atoms with Gasteiger partial charge in [-0.05, 0) is 19.4 Å². The number of carboxylic acid groups (broad SMARTS) is 1. The fourth-order valence-electron chi connectivity index (χ4n) is 1.41. The molecule has 0 aromatic heterocycles. The molecule has 2 radical (unpaired) electrons. The minimum Gasteiger partial charge on any atom is -0.481 e. The molecule has 102 valence electrons. The molecular formula is C11H24BCl2NO2. The Hall–Kier alpha value is 0.0749. The fourth-order valence-corrected chi connectivity index (χ4v) is 1.41. The van der Waals surface area contributed by atoms with Crippen LogP contribution in [0.4, 0.5) is 0 Å². The van der Waals surface area contributed by atoms with E-state index in [0.29, 0.717) is 25.4 Å². The minimum atomic E-state index is -1.06. The van der Waals surface area contributed by atoms with Gasteiger partial charge >= 0.3 is 5.97 Å². The fraction of sp³-hybridized carbons (Fsp3) is 0.909. The van der Waals surface area contributed by atoms with Crippen molar-refractivity contribution in [3.8, 4) is 0 Å². The number of rotatable bonds is 8. The Morgan fingerprint density at radius 3 is 2.24 bits per heavy atom. The average molecular weight is 284 g/mol. The molecule has 0 aliphatic heterocycles. The molecule has 0 aromatic carbocycles. The number of unbranched alkanes of at least 4 members (excludes halogenated alkanes) is 1. The molecular weight excluding hydrogens is 260 g/mol. The van der Waals surface area contributed by atoms with E-state index in [4.69, 9.17) is 13.0 Å². The Morgan fingerprint density at radius 2 is 1.88 bits per heavy atom. The lowest BCUT2D eigenvalue weighted by Gasteiger charge is -2.25. The molecule has 3 nitrogen and oxygen atoms in total. The Kier molecular flexibility index (Phi) is 14.6. The number of nitrogens with one attached hydrogen (secondary N) is 1. The Labute approximate surface area is 118 Å². The van der Waals surface area contributed by atoms with Crippen molar-refractivity contribution < 1.29 is 9.90 Å². The molecule has 6 heteroatoms. The topological polar surface area (TPSA) is 49.3 Å². The lowest BCUT2D eigenvalue weighted by Crippen LogP contribution is -2.31. The maximum absolute atomic E-state index is 11.1. The van der Waals surface area contributed by atoms with Gasteiger partial charge in [-0.1, -0.05) is 33.6 Å². The number of halogens is 2. The highest BCUT2D eigenvalue weighted by Crippen LogP contribution is 2.32. The quantitative estimate of drug-likeness (QED) is 0.674. The van der Waals surface area contributed by atoms with Gasteiger partial charge in [0.1, 0.15) is 0 Å². The monoisotopic (exact) mass is 283 g/mol. The number of carboxylic acids is 1. The zero-order chi connectivity index (χ0) is 11.9. The molecule has 0 aliphatic rings. The third kappa shape index (κ3) is 9.75. The van der Waals surface area contributed by atoms with E-state index in [-0.39, 0.29) is 24.8 Å². The summed E-state index contributed by atoms with van der Waals surface area (Å²) >= 11 is 0. The van der Waals surface area contributed by atoms with Crippen molar-refractivity contribution in [3.05, 3.63) is 0 Å². The van der Waals surface area contributed by atoms with Crippen LogP contribution in [-0.4, -0.2) is 31.5 Å². The minimum absolute atomic E-state index is 0. The maximum atomic E-state index is 11.1. The van der Waals surface area contributed by atoms with Gasteiger partial charge in [0.25, 0.3) is 0 Å². The van der Waals surface area contributed by atoms with Gasteiger partial charge in [-0.25, -0.2) is 0 Å². The molecule has 0 bridgehead atoms. The molecule has 0 heterocycles. The summed E-state index contributed by atoms with van der Waals surface area (Å²) in [6.07, 6.45) is 2.88. The summed E-state index contributed by atoms with van der Waals surface area (Å²) in [6, 6.07) is 0.370. The summed E-state index contributed by atoms with van der Waals surface area (Å²) < 4.78 is 0. The van der Waals surface area contributed by atoms with Crippen molar-refractivity contribution in [3.63, 3.8) is 0 Å². The highest BCUT2D eigenvalue weighted by atomic mass is 35.5. The summed E-state index contributed by atoms with van der Waals surface area (Å²) in [5.74, 6) is -0.887. The van der Waals surface area contributed by atoms with Crippen molar-refractivity contribution in [1.29, 1.82) is 0 Å². The smallest absolute Gasteiger partial charge is 0.300 e. The van der Waals surface area contributed by atoms with Crippen molar-refractivity contribution in [2.24, 2.45) is 0 Å². The van der Waals surface area contributed by atoms with Gasteiger partial charge in [-0.2, -0.15) is 0 Å². The lowest BCUT2D eigenvalue weighted by molar-refractivity contribution is -0.141. The van der Waals surface area contributed by atoms with E-state index in [1.54, 1.807) is 0 Å². The van der Waals surface area contributed by atoms with Crippen molar-refractivity contribution in [2.45, 2.75) is 57.8 Å². The summed E-state index contributed by atoms with van der Waals surface area (Å²) in [5, 5.41) is 11.2. The van der Waals surface area contributed by atoms with Gasteiger partial charge in [0.05, 0.1) is 7.85 Å². The second kappa shape index (κ2) is 11.2. The molecule has 0 rings (SSSR count). The van der Waals surface area contributed by atoms with E-state index >= 15 is 0 Å². The third-order valence-corrected chi connectivity index (χ3v) is 2.53. The van der Waals surface area contributed by atoms with Crippen LogP contribution in [-0.2, 0) is 4.79 Å². The van der Waals surface area contributed by atoms with Crippen LogP contribution in [0.15, 0.2) is 0 Å². The number of hydrogen-bond acceptors (Lipinski definition) is 2. The number of aliphatic carboxylic acids is 1. The van der Waals surface area contributed by atoms with Crippen LogP contribution >= 0.6 is 24.8 Å². The van der Waals surface area contributed by atoms with Gasteiger partial charge in [-0.3, -0.25) is 4.79 Å². The van der Waals surface area contributed by atoms with Crippen molar-refractivity contribution in [2.75, 3.05) is 6.54 Å². The standard InChI is InChI=1S/C11H22BNO2.2ClH/c1-4-5-6-11(12,10(14)15)7-8-13-9(2)3;;/h9,13H,4-8H2,1-3H3,(H,14,15);2*1H. The van der Waals surface area contributed by atoms with E-state index in [9.17, 15) is 4.79 Å². The summed E-state index contributed by atoms with van der Waals surface area (Å²) in [7, 11) is 5.87. The zero-order valence-electron chi connectivity index (χ0n) is 10.9. The van der Waals surface area contributed by atoms with Crippen molar-refractivity contribution in [1.82, 2.24) is 5.32 Å². The Bertz CT molecular complexity index is 206. The maximum Gasteiger partial charge on any atom is 0.300 e. The second-order valence-electron chi connectivity index (χ2n) is 4.42. The van der Waals surface area contributed by atoms with Crippen LogP contribution in [0.1, 0.15) is 46.5 Å². The predicted octanol–water partition coefficient (Wildman–Crippen LogP) is 2.82. The number of carbonyl (C=O) groups is 1. The van der Waals surface area contributed by atoms with E-state index in [1.165, 1.54) is 0 Å². The van der Waals surface area contributed by atoms with Crippen molar-refractivity contribution >= 4 is 38.6 Å². The van der Waals surface area contributed by atoms with Gasteiger partial charge in [-0.15, -0.1) is 24.8 Å². The molecule has 0 fully saturated rings. The van der Waals surface area contributed by atoms with Crippen LogP contribution in [0.2, 0.25) is 5.31 Å². The van der Waals surface area contributed by atoms with Gasteiger partial charge in [0, 0.05) is 11.4 Å². The summed E-state index contributed by atoms with van der Waals surface area (Å²) in [5.41, 5.74) is 0. The zero-order valence-corrected chi connectivity index (χ0v) is 12.5. The largest absolute Gasteiger partial charge is 0.481 e. The molecule has 2 N–H and O–H groups in total. The molecule has 0 saturated carbocycles. The molecule has 1 unspecified atom stereocenters. The van der Waals surface area contributed by atoms with Crippen LogP contribution in [0.3, 0.4) is 0 Å². The van der Waals surface area contributed by atoms with E-state index in [1.807, 2.05) is 20.8 Å². The molecule has 0 saturated heterocycles. The van der Waals surface area contributed by atoms with Crippen LogP contribution in [0, 0.1) is 0 Å². The van der Waals surface area contributed by atoms with Crippen LogP contribution in [0.5, 0.6) is 0 Å². The first kappa shape index (κ1) is 22.3. The molecule has 0 amide bonds. The number of hydrogen-bond donors (Lipinski definition) is 2. The van der Waals surface area contributed by atoms with E-state index < -0.39 is 11.3 Å². The summed E-state index contributed by atoms with van der Waals surface area (Å²) in [4.78, 5) is 11.1. The average Bonchev–Trinajstić information content (AvgIpc) is 2.14. The molecule has 0 aromatic rings. The van der Waals surface area contributed by atoms with E-state index in [0.717, 1.165) is 12.8 Å².